The molecule has 1 aromatic carbocycles. The Morgan fingerprint density at radius 3 is 2.55 bits per heavy atom. The van der Waals surface area contributed by atoms with Gasteiger partial charge in [0.2, 0.25) is 0 Å². The molecule has 0 saturated heterocycles. The van der Waals surface area contributed by atoms with E-state index in [4.69, 9.17) is 0 Å². The van der Waals surface area contributed by atoms with Crippen LogP contribution in [-0.4, -0.2) is 26.7 Å². The lowest BCUT2D eigenvalue weighted by Gasteiger charge is -2.41. The minimum Gasteiger partial charge on any atom is -0.389 e. The lowest BCUT2D eigenvalue weighted by atomic mass is 9.64. The maximum Gasteiger partial charge on any atom is 0.136 e. The number of benzene rings is 1. The van der Waals surface area contributed by atoms with E-state index in [-0.39, 0.29) is 11.7 Å². The van der Waals surface area contributed by atoms with Crippen LogP contribution in [0.3, 0.4) is 0 Å². The van der Waals surface area contributed by atoms with Crippen LogP contribution >= 0.6 is 0 Å². The molecule has 116 valence electrons. The van der Waals surface area contributed by atoms with Crippen LogP contribution < -0.4 is 0 Å². The smallest absolute Gasteiger partial charge is 0.136 e. The number of carbonyl (C=O) groups excluding carboxylic acids is 1. The number of nitrogens with one attached hydrogen (secondary N) is 1. The fourth-order valence-corrected chi connectivity index (χ4v) is 3.82. The summed E-state index contributed by atoms with van der Waals surface area (Å²) in [5.41, 5.74) is 4.05. The molecule has 1 aliphatic carbocycles. The maximum atomic E-state index is 12.3. The molecule has 1 aliphatic rings. The van der Waals surface area contributed by atoms with Gasteiger partial charge in [0.05, 0.1) is 17.2 Å². The lowest BCUT2D eigenvalue weighted by Crippen LogP contribution is -2.48. The van der Waals surface area contributed by atoms with Crippen molar-refractivity contribution in [3.8, 4) is 0 Å². The summed E-state index contributed by atoms with van der Waals surface area (Å²) < 4.78 is 0. The van der Waals surface area contributed by atoms with Gasteiger partial charge in [-0.3, -0.25) is 9.89 Å². The minimum absolute atomic E-state index is 0.0156. The van der Waals surface area contributed by atoms with E-state index in [1.54, 1.807) is 13.8 Å². The summed E-state index contributed by atoms with van der Waals surface area (Å²) in [6.07, 6.45) is 0.402. The zero-order chi connectivity index (χ0) is 16.1. The van der Waals surface area contributed by atoms with E-state index in [2.05, 4.69) is 10.2 Å². The lowest BCUT2D eigenvalue weighted by molar-refractivity contribution is -0.130. The van der Waals surface area contributed by atoms with Crippen molar-refractivity contribution in [3.63, 3.8) is 0 Å². The first kappa shape index (κ1) is 15.0. The fraction of sp³-hybridized carbons (Fsp3) is 0.444. The van der Waals surface area contributed by atoms with Crippen molar-refractivity contribution in [2.45, 2.75) is 45.6 Å². The number of carbonyl (C=O) groups is 1. The summed E-state index contributed by atoms with van der Waals surface area (Å²) in [7, 11) is 0. The molecule has 0 saturated carbocycles. The summed E-state index contributed by atoms with van der Waals surface area (Å²) in [5.74, 6) is -0.601. The summed E-state index contributed by atoms with van der Waals surface area (Å²) in [6, 6.07) is 8.19. The Kier molecular flexibility index (Phi) is 3.44. The second-order valence-electron chi connectivity index (χ2n) is 6.72. The van der Waals surface area contributed by atoms with E-state index in [0.29, 0.717) is 6.42 Å². The summed E-state index contributed by atoms with van der Waals surface area (Å²) >= 11 is 0. The van der Waals surface area contributed by atoms with Gasteiger partial charge in [0, 0.05) is 23.6 Å². The Bertz CT molecular complexity index is 713. The molecule has 0 fully saturated rings. The summed E-state index contributed by atoms with van der Waals surface area (Å²) in [4.78, 5) is 12.3. The molecule has 0 unspecified atom stereocenters. The molecule has 2 N–H and O–H groups in total. The SMILES string of the molecule is CC(=O)[C@@H]1[C@@H](c2ccc(C)cc2)c2c(n[nH]c2C)C[C@@]1(C)O. The maximum absolute atomic E-state index is 12.3. The van der Waals surface area contributed by atoms with Gasteiger partial charge >= 0.3 is 0 Å². The zero-order valence-corrected chi connectivity index (χ0v) is 13.5. The Hall–Kier alpha value is -1.94. The van der Waals surface area contributed by atoms with E-state index in [1.807, 2.05) is 38.1 Å². The van der Waals surface area contributed by atoms with E-state index < -0.39 is 11.5 Å². The number of aliphatic hydroxyl groups is 1. The topological polar surface area (TPSA) is 66.0 Å². The van der Waals surface area contributed by atoms with Crippen molar-refractivity contribution < 1.29 is 9.90 Å². The zero-order valence-electron chi connectivity index (χ0n) is 13.5. The fourth-order valence-electron chi connectivity index (χ4n) is 3.82. The Morgan fingerprint density at radius 2 is 1.95 bits per heavy atom. The molecule has 4 nitrogen and oxygen atoms in total. The second-order valence-corrected chi connectivity index (χ2v) is 6.72. The van der Waals surface area contributed by atoms with Crippen LogP contribution in [-0.2, 0) is 11.2 Å². The van der Waals surface area contributed by atoms with Crippen molar-refractivity contribution in [3.05, 3.63) is 52.3 Å². The van der Waals surface area contributed by atoms with Crippen molar-refractivity contribution in [1.82, 2.24) is 10.2 Å². The van der Waals surface area contributed by atoms with Crippen LogP contribution in [0.25, 0.3) is 0 Å². The Labute approximate surface area is 130 Å². The third-order valence-electron chi connectivity index (χ3n) is 4.79. The van der Waals surface area contributed by atoms with Crippen molar-refractivity contribution in [1.29, 1.82) is 0 Å². The molecular formula is C18H22N2O2. The number of H-pyrrole nitrogens is 1. The standard InChI is InChI=1S/C18H22N2O2/c1-10-5-7-13(8-6-10)16-15-11(2)19-20-14(15)9-18(4,22)17(16)12(3)21/h5-8,16-17,22H,9H2,1-4H3,(H,19,20)/t16-,17+,18+/m0/s1. The number of aromatic nitrogens is 2. The average molecular weight is 298 g/mol. The average Bonchev–Trinajstić information content (AvgIpc) is 2.77. The number of Topliss-reactive ketones (excluding diaryl/α,β-unsaturated/α-hetero) is 1. The van der Waals surface area contributed by atoms with Crippen LogP contribution in [0.5, 0.6) is 0 Å². The van der Waals surface area contributed by atoms with Crippen LogP contribution in [0.4, 0.5) is 0 Å². The van der Waals surface area contributed by atoms with Crippen LogP contribution in [0.15, 0.2) is 24.3 Å². The van der Waals surface area contributed by atoms with Crippen molar-refractivity contribution in [2.75, 3.05) is 0 Å². The molecule has 0 bridgehead atoms. The highest BCUT2D eigenvalue weighted by molar-refractivity contribution is 5.82. The van der Waals surface area contributed by atoms with Gasteiger partial charge in [-0.25, -0.2) is 0 Å². The first-order valence-electron chi connectivity index (χ1n) is 7.64. The van der Waals surface area contributed by atoms with E-state index in [9.17, 15) is 9.90 Å². The molecule has 22 heavy (non-hydrogen) atoms. The Morgan fingerprint density at radius 1 is 1.32 bits per heavy atom. The van der Waals surface area contributed by atoms with Gasteiger partial charge in [-0.1, -0.05) is 29.8 Å². The molecule has 3 atom stereocenters. The first-order valence-corrected chi connectivity index (χ1v) is 7.64. The highest BCUT2D eigenvalue weighted by Crippen LogP contribution is 2.46. The quantitative estimate of drug-likeness (QED) is 0.896. The van der Waals surface area contributed by atoms with E-state index >= 15 is 0 Å². The molecule has 1 aromatic heterocycles. The normalized spacial score (nSPS) is 27.5. The van der Waals surface area contributed by atoms with Gasteiger partial charge < -0.3 is 5.11 Å². The molecule has 0 aliphatic heterocycles. The van der Waals surface area contributed by atoms with Crippen molar-refractivity contribution >= 4 is 5.78 Å². The number of aryl methyl sites for hydroxylation is 2. The van der Waals surface area contributed by atoms with E-state index in [0.717, 1.165) is 22.5 Å². The number of nitrogens with zero attached hydrogens (tertiary/aromatic N) is 1. The predicted molar refractivity (Wildman–Crippen MR) is 84.8 cm³/mol. The molecule has 4 heteroatoms. The molecule has 1 heterocycles. The van der Waals surface area contributed by atoms with Gasteiger partial charge in [0.1, 0.15) is 5.78 Å². The number of rotatable bonds is 2. The van der Waals surface area contributed by atoms with Gasteiger partial charge in [0.15, 0.2) is 0 Å². The third kappa shape index (κ3) is 2.28. The van der Waals surface area contributed by atoms with Crippen LogP contribution in [0, 0.1) is 19.8 Å². The number of ketones is 1. The number of fused-ring (bicyclic) bond motifs is 1. The van der Waals surface area contributed by atoms with Crippen LogP contribution in [0.2, 0.25) is 0 Å². The summed E-state index contributed by atoms with van der Waals surface area (Å²) in [5, 5.41) is 18.2. The first-order chi connectivity index (χ1) is 10.3. The van der Waals surface area contributed by atoms with Crippen molar-refractivity contribution in [2.24, 2.45) is 5.92 Å². The monoisotopic (exact) mass is 298 g/mol. The molecule has 0 amide bonds. The number of aromatic amines is 1. The molecular weight excluding hydrogens is 276 g/mol. The highest BCUT2D eigenvalue weighted by Gasteiger charge is 2.48. The minimum atomic E-state index is -1.09. The van der Waals surface area contributed by atoms with Gasteiger partial charge in [0.25, 0.3) is 0 Å². The van der Waals surface area contributed by atoms with Gasteiger partial charge in [-0.2, -0.15) is 5.10 Å². The highest BCUT2D eigenvalue weighted by atomic mass is 16.3. The third-order valence-corrected chi connectivity index (χ3v) is 4.79. The molecule has 0 radical (unpaired) electrons. The summed E-state index contributed by atoms with van der Waals surface area (Å²) in [6.45, 7) is 7.33. The molecule has 2 aromatic rings. The second kappa shape index (κ2) is 5.06. The predicted octanol–water partition coefficient (Wildman–Crippen LogP) is 2.67. The largest absolute Gasteiger partial charge is 0.389 e. The van der Waals surface area contributed by atoms with Gasteiger partial charge in [-0.05, 0) is 33.3 Å². The van der Waals surface area contributed by atoms with Gasteiger partial charge in [-0.15, -0.1) is 0 Å². The molecule has 3 rings (SSSR count). The Balaban J connectivity index is 2.23. The molecule has 0 spiro atoms. The number of hydrogen-bond acceptors (Lipinski definition) is 3. The van der Waals surface area contributed by atoms with Crippen LogP contribution in [0.1, 0.15) is 47.8 Å². The van der Waals surface area contributed by atoms with E-state index in [1.165, 1.54) is 5.56 Å². The number of hydrogen-bond donors (Lipinski definition) is 2.